The number of sulfone groups is 1. The Balaban J connectivity index is 1.85. The van der Waals surface area contributed by atoms with E-state index in [1.165, 1.54) is 0 Å². The molecule has 0 saturated carbocycles. The Morgan fingerprint density at radius 2 is 2.26 bits per heavy atom. The summed E-state index contributed by atoms with van der Waals surface area (Å²) in [5.41, 5.74) is 1.04. The third-order valence-corrected chi connectivity index (χ3v) is 5.36. The predicted octanol–water partition coefficient (Wildman–Crippen LogP) is 1.33. The van der Waals surface area contributed by atoms with Crippen molar-refractivity contribution >= 4 is 9.84 Å². The lowest BCUT2D eigenvalue weighted by Crippen LogP contribution is -2.26. The molecule has 0 N–H and O–H groups in total. The van der Waals surface area contributed by atoms with Gasteiger partial charge in [0, 0.05) is 25.3 Å². The van der Waals surface area contributed by atoms with Crippen molar-refractivity contribution in [2.75, 3.05) is 25.1 Å². The molecule has 108 valence electrons. The highest BCUT2D eigenvalue weighted by Gasteiger charge is 2.28. The monoisotopic (exact) mass is 285 g/mol. The molecule has 1 saturated heterocycles. The Bertz CT molecular complexity index is 522. The second kappa shape index (κ2) is 5.63. The molecule has 1 aliphatic rings. The van der Waals surface area contributed by atoms with Crippen LogP contribution in [0.4, 0.5) is 0 Å². The average molecular weight is 285 g/mol. The van der Waals surface area contributed by atoms with Gasteiger partial charge in [-0.05, 0) is 39.3 Å². The van der Waals surface area contributed by atoms with Crippen LogP contribution in [0, 0.1) is 5.92 Å². The number of rotatable bonds is 5. The predicted molar refractivity (Wildman–Crippen MR) is 75.7 cm³/mol. The van der Waals surface area contributed by atoms with Gasteiger partial charge in [-0.15, -0.1) is 0 Å². The quantitative estimate of drug-likeness (QED) is 0.819. The molecule has 0 aliphatic carbocycles. The molecule has 5 nitrogen and oxygen atoms in total. The first-order chi connectivity index (χ1) is 8.85. The Labute approximate surface area is 115 Å². The lowest BCUT2D eigenvalue weighted by Gasteiger charge is -2.18. The molecule has 6 heteroatoms. The summed E-state index contributed by atoms with van der Waals surface area (Å²) in [5, 5.41) is 4.51. The highest BCUT2D eigenvalue weighted by Crippen LogP contribution is 2.19. The van der Waals surface area contributed by atoms with Crippen LogP contribution >= 0.6 is 0 Å². The number of nitrogens with zero attached hydrogens (tertiary/aromatic N) is 3. The van der Waals surface area contributed by atoms with Crippen molar-refractivity contribution in [1.82, 2.24) is 14.7 Å². The second-order valence-corrected chi connectivity index (χ2v) is 8.08. The van der Waals surface area contributed by atoms with E-state index in [0.29, 0.717) is 17.5 Å². The third-order valence-electron chi connectivity index (χ3n) is 3.52. The normalized spacial score (nSPS) is 22.5. The fourth-order valence-electron chi connectivity index (χ4n) is 2.55. The first kappa shape index (κ1) is 14.5. The van der Waals surface area contributed by atoms with Crippen LogP contribution < -0.4 is 0 Å². The Hall–Kier alpha value is -0.880. The van der Waals surface area contributed by atoms with Crippen molar-refractivity contribution in [2.24, 2.45) is 5.92 Å². The molecule has 1 atom stereocenters. The van der Waals surface area contributed by atoms with Gasteiger partial charge in [-0.1, -0.05) is 0 Å². The fourth-order valence-corrected chi connectivity index (χ4v) is 4.40. The van der Waals surface area contributed by atoms with Gasteiger partial charge in [0.05, 0.1) is 17.2 Å². The molecule has 1 aromatic heterocycles. The fraction of sp³-hybridized carbons (Fsp3) is 0.769. The number of aromatic nitrogens is 2. The van der Waals surface area contributed by atoms with E-state index in [-0.39, 0.29) is 5.92 Å². The van der Waals surface area contributed by atoms with E-state index in [4.69, 9.17) is 0 Å². The van der Waals surface area contributed by atoms with Crippen LogP contribution in [0.5, 0.6) is 0 Å². The van der Waals surface area contributed by atoms with Crippen LogP contribution in [-0.4, -0.2) is 48.2 Å². The molecule has 19 heavy (non-hydrogen) atoms. The standard InChI is InChI=1S/C13H23N3O2S/c1-11(2)16-6-4-13(14-16)9-15(3)8-12-5-7-19(17,18)10-12/h4,6,11-12H,5,7-10H2,1-3H3. The van der Waals surface area contributed by atoms with Crippen molar-refractivity contribution < 1.29 is 8.42 Å². The van der Waals surface area contributed by atoms with Crippen molar-refractivity contribution in [1.29, 1.82) is 0 Å². The van der Waals surface area contributed by atoms with E-state index in [0.717, 1.165) is 25.2 Å². The first-order valence-electron chi connectivity index (χ1n) is 6.79. The number of hydrogen-bond acceptors (Lipinski definition) is 4. The SMILES string of the molecule is CC(C)n1ccc(CN(C)CC2CCS(=O)(=O)C2)n1. The molecule has 1 unspecified atom stereocenters. The molecule has 1 aliphatic heterocycles. The van der Waals surface area contributed by atoms with Crippen molar-refractivity contribution in [3.05, 3.63) is 18.0 Å². The molecular formula is C13H23N3O2S. The zero-order chi connectivity index (χ0) is 14.0. The van der Waals surface area contributed by atoms with Crippen LogP contribution in [0.25, 0.3) is 0 Å². The Morgan fingerprint density at radius 1 is 1.53 bits per heavy atom. The summed E-state index contributed by atoms with van der Waals surface area (Å²) < 4.78 is 24.8. The van der Waals surface area contributed by atoms with Crippen molar-refractivity contribution in [3.8, 4) is 0 Å². The first-order valence-corrected chi connectivity index (χ1v) is 8.61. The minimum Gasteiger partial charge on any atom is -0.300 e. The van der Waals surface area contributed by atoms with Crippen molar-refractivity contribution in [2.45, 2.75) is 32.9 Å². The van der Waals surface area contributed by atoms with Gasteiger partial charge >= 0.3 is 0 Å². The lowest BCUT2D eigenvalue weighted by molar-refractivity contribution is 0.277. The largest absolute Gasteiger partial charge is 0.300 e. The van der Waals surface area contributed by atoms with Gasteiger partial charge in [0.1, 0.15) is 0 Å². The van der Waals surface area contributed by atoms with Crippen LogP contribution in [-0.2, 0) is 16.4 Å². The van der Waals surface area contributed by atoms with Gasteiger partial charge in [-0.25, -0.2) is 8.42 Å². The molecule has 0 spiro atoms. The zero-order valence-corrected chi connectivity index (χ0v) is 12.7. The summed E-state index contributed by atoms with van der Waals surface area (Å²) in [4.78, 5) is 2.17. The summed E-state index contributed by atoms with van der Waals surface area (Å²) in [6.45, 7) is 5.80. The maximum atomic E-state index is 11.4. The summed E-state index contributed by atoms with van der Waals surface area (Å²) >= 11 is 0. The molecule has 2 rings (SSSR count). The summed E-state index contributed by atoms with van der Waals surface area (Å²) in [5.74, 6) is 0.979. The van der Waals surface area contributed by atoms with Crippen LogP contribution in [0.15, 0.2) is 12.3 Å². The van der Waals surface area contributed by atoms with Gasteiger partial charge in [0.2, 0.25) is 0 Å². The Morgan fingerprint density at radius 3 is 2.79 bits per heavy atom. The molecule has 0 bridgehead atoms. The van der Waals surface area contributed by atoms with E-state index in [9.17, 15) is 8.42 Å². The summed E-state index contributed by atoms with van der Waals surface area (Å²) in [6, 6.07) is 2.40. The van der Waals surface area contributed by atoms with Crippen LogP contribution in [0.2, 0.25) is 0 Å². The minimum atomic E-state index is -2.77. The smallest absolute Gasteiger partial charge is 0.150 e. The average Bonchev–Trinajstić information content (AvgIpc) is 2.85. The molecule has 0 aromatic carbocycles. The van der Waals surface area contributed by atoms with Crippen LogP contribution in [0.3, 0.4) is 0 Å². The van der Waals surface area contributed by atoms with Crippen molar-refractivity contribution in [3.63, 3.8) is 0 Å². The van der Waals surface area contributed by atoms with E-state index in [1.54, 1.807) is 0 Å². The maximum absolute atomic E-state index is 11.4. The zero-order valence-electron chi connectivity index (χ0n) is 11.9. The lowest BCUT2D eigenvalue weighted by atomic mass is 10.1. The molecule has 2 heterocycles. The van der Waals surface area contributed by atoms with Gasteiger partial charge < -0.3 is 4.90 Å². The topological polar surface area (TPSA) is 55.2 Å². The molecular weight excluding hydrogens is 262 g/mol. The molecule has 0 amide bonds. The highest BCUT2D eigenvalue weighted by atomic mass is 32.2. The van der Waals surface area contributed by atoms with Gasteiger partial charge in [-0.3, -0.25) is 4.68 Å². The van der Waals surface area contributed by atoms with Gasteiger partial charge in [0.15, 0.2) is 9.84 Å². The molecule has 0 radical (unpaired) electrons. The maximum Gasteiger partial charge on any atom is 0.150 e. The van der Waals surface area contributed by atoms with Crippen LogP contribution in [0.1, 0.15) is 32.0 Å². The third kappa shape index (κ3) is 4.04. The van der Waals surface area contributed by atoms with Gasteiger partial charge in [-0.2, -0.15) is 5.10 Å². The number of hydrogen-bond donors (Lipinski definition) is 0. The van der Waals surface area contributed by atoms with E-state index in [1.807, 2.05) is 24.0 Å². The second-order valence-electron chi connectivity index (χ2n) is 5.85. The summed E-state index contributed by atoms with van der Waals surface area (Å²) in [7, 11) is -0.740. The Kier molecular flexibility index (Phi) is 4.30. The molecule has 1 aromatic rings. The van der Waals surface area contributed by atoms with E-state index in [2.05, 4.69) is 23.8 Å². The van der Waals surface area contributed by atoms with E-state index < -0.39 is 9.84 Å². The highest BCUT2D eigenvalue weighted by molar-refractivity contribution is 7.91. The van der Waals surface area contributed by atoms with Gasteiger partial charge in [0.25, 0.3) is 0 Å². The summed E-state index contributed by atoms with van der Waals surface area (Å²) in [6.07, 6.45) is 2.79. The molecule has 1 fully saturated rings. The van der Waals surface area contributed by atoms with E-state index >= 15 is 0 Å². The minimum absolute atomic E-state index is 0.280.